The molecule has 0 atom stereocenters. The molecule has 0 saturated carbocycles. The number of piperidine rings is 1. The van der Waals surface area contributed by atoms with Gasteiger partial charge in [0.2, 0.25) is 5.89 Å². The van der Waals surface area contributed by atoms with Crippen LogP contribution in [-0.2, 0) is 11.2 Å². The number of rotatable bonds is 3. The average molecular weight is 379 g/mol. The predicted molar refractivity (Wildman–Crippen MR) is 93.2 cm³/mol. The summed E-state index contributed by atoms with van der Waals surface area (Å²) in [5, 5.41) is 3.88. The van der Waals surface area contributed by atoms with Crippen molar-refractivity contribution in [1.29, 1.82) is 0 Å². The van der Waals surface area contributed by atoms with Crippen LogP contribution in [0.4, 0.5) is 13.6 Å². The summed E-state index contributed by atoms with van der Waals surface area (Å²) < 4.78 is 37.7. The topological polar surface area (TPSA) is 68.5 Å². The van der Waals surface area contributed by atoms with E-state index in [0.29, 0.717) is 37.6 Å². The van der Waals surface area contributed by atoms with Crippen LogP contribution in [0.15, 0.2) is 22.7 Å². The third kappa shape index (κ3) is 5.02. The minimum Gasteiger partial charge on any atom is -0.444 e. The maximum absolute atomic E-state index is 13.8. The molecule has 0 N–H and O–H groups in total. The Labute approximate surface area is 156 Å². The number of amides is 1. The summed E-state index contributed by atoms with van der Waals surface area (Å²) in [5.74, 6) is -0.213. The van der Waals surface area contributed by atoms with Crippen LogP contribution < -0.4 is 0 Å². The number of hydrogen-bond acceptors (Lipinski definition) is 5. The number of likely N-dealkylation sites (tertiary alicyclic amines) is 1. The van der Waals surface area contributed by atoms with Crippen molar-refractivity contribution < 1.29 is 22.8 Å². The Hall–Kier alpha value is -2.51. The monoisotopic (exact) mass is 379 g/mol. The van der Waals surface area contributed by atoms with Crippen molar-refractivity contribution in [2.45, 2.75) is 51.6 Å². The highest BCUT2D eigenvalue weighted by Gasteiger charge is 2.30. The number of hydrogen-bond donors (Lipinski definition) is 0. The van der Waals surface area contributed by atoms with Crippen LogP contribution in [0.1, 0.15) is 56.8 Å². The first-order valence-corrected chi connectivity index (χ1v) is 8.95. The Morgan fingerprint density at radius 2 is 2.00 bits per heavy atom. The molecule has 2 aromatic rings. The standard InChI is InChI=1S/C19H23F2N3O3/c1-19(2,3)26-18(25)24-8-6-12(7-9-24)17-22-16(23-27-17)11-13-10-14(20)4-5-15(13)21/h4-5,10,12H,6-9,11H2,1-3H3. The van der Waals surface area contributed by atoms with E-state index in [1.165, 1.54) is 0 Å². The number of carbonyl (C=O) groups is 1. The van der Waals surface area contributed by atoms with Gasteiger partial charge in [0, 0.05) is 25.4 Å². The van der Waals surface area contributed by atoms with Gasteiger partial charge in [0.05, 0.1) is 0 Å². The second kappa shape index (κ2) is 7.62. The van der Waals surface area contributed by atoms with Crippen molar-refractivity contribution in [3.05, 3.63) is 47.1 Å². The number of aromatic nitrogens is 2. The summed E-state index contributed by atoms with van der Waals surface area (Å²) in [6.07, 6.45) is 1.09. The van der Waals surface area contributed by atoms with Gasteiger partial charge in [-0.05, 0) is 57.4 Å². The highest BCUT2D eigenvalue weighted by atomic mass is 19.1. The van der Waals surface area contributed by atoms with Crippen molar-refractivity contribution in [2.75, 3.05) is 13.1 Å². The molecule has 27 heavy (non-hydrogen) atoms. The van der Waals surface area contributed by atoms with Gasteiger partial charge in [-0.25, -0.2) is 13.6 Å². The van der Waals surface area contributed by atoms with E-state index in [1.807, 2.05) is 20.8 Å². The first kappa shape index (κ1) is 19.3. The average Bonchev–Trinajstić information content (AvgIpc) is 3.05. The highest BCUT2D eigenvalue weighted by molar-refractivity contribution is 5.68. The third-order valence-corrected chi connectivity index (χ3v) is 4.34. The van der Waals surface area contributed by atoms with Crippen molar-refractivity contribution in [2.24, 2.45) is 0 Å². The zero-order valence-electron chi connectivity index (χ0n) is 15.7. The number of halogens is 2. The second-order valence-electron chi connectivity index (χ2n) is 7.70. The molecule has 6 nitrogen and oxygen atoms in total. The first-order chi connectivity index (χ1) is 12.7. The quantitative estimate of drug-likeness (QED) is 0.805. The molecular formula is C19H23F2N3O3. The fraction of sp³-hybridized carbons (Fsp3) is 0.526. The van der Waals surface area contributed by atoms with Crippen molar-refractivity contribution >= 4 is 6.09 Å². The summed E-state index contributed by atoms with van der Waals surface area (Å²) >= 11 is 0. The number of ether oxygens (including phenoxy) is 1. The summed E-state index contributed by atoms with van der Waals surface area (Å²) in [6, 6.07) is 3.28. The molecule has 0 unspecified atom stereocenters. The van der Waals surface area contributed by atoms with Crippen molar-refractivity contribution in [3.63, 3.8) is 0 Å². The molecule has 2 heterocycles. The van der Waals surface area contributed by atoms with Crippen LogP contribution in [0.5, 0.6) is 0 Å². The Morgan fingerprint density at radius 1 is 1.30 bits per heavy atom. The number of benzene rings is 1. The minimum absolute atomic E-state index is 0.0299. The molecule has 1 aromatic heterocycles. The van der Waals surface area contributed by atoms with Crippen LogP contribution in [-0.4, -0.2) is 39.8 Å². The molecule has 1 fully saturated rings. The molecule has 146 valence electrons. The number of nitrogens with zero attached hydrogens (tertiary/aromatic N) is 3. The molecule has 0 aliphatic carbocycles. The van der Waals surface area contributed by atoms with Crippen LogP contribution in [0.2, 0.25) is 0 Å². The third-order valence-electron chi connectivity index (χ3n) is 4.34. The van der Waals surface area contributed by atoms with Crippen LogP contribution in [0.3, 0.4) is 0 Å². The summed E-state index contributed by atoms with van der Waals surface area (Å²) in [4.78, 5) is 18.1. The zero-order chi connectivity index (χ0) is 19.6. The molecule has 8 heteroatoms. The molecule has 3 rings (SSSR count). The molecule has 0 spiro atoms. The maximum atomic E-state index is 13.8. The van der Waals surface area contributed by atoms with Gasteiger partial charge < -0.3 is 14.2 Å². The van der Waals surface area contributed by atoms with Crippen LogP contribution in [0, 0.1) is 11.6 Å². The highest BCUT2D eigenvalue weighted by Crippen LogP contribution is 2.28. The zero-order valence-corrected chi connectivity index (χ0v) is 15.7. The van der Waals surface area contributed by atoms with Crippen molar-refractivity contribution in [3.8, 4) is 0 Å². The lowest BCUT2D eigenvalue weighted by atomic mass is 9.97. The van der Waals surface area contributed by atoms with Crippen LogP contribution in [0.25, 0.3) is 0 Å². The molecule has 1 aliphatic rings. The van der Waals surface area contributed by atoms with Crippen molar-refractivity contribution in [1.82, 2.24) is 15.0 Å². The van der Waals surface area contributed by atoms with Gasteiger partial charge in [-0.15, -0.1) is 0 Å². The van der Waals surface area contributed by atoms with Gasteiger partial charge in [0.15, 0.2) is 5.82 Å². The van der Waals surface area contributed by atoms with E-state index in [2.05, 4.69) is 10.1 Å². The van der Waals surface area contributed by atoms with E-state index in [4.69, 9.17) is 9.26 Å². The van der Waals surface area contributed by atoms with E-state index >= 15 is 0 Å². The van der Waals surface area contributed by atoms with E-state index in [0.717, 1.165) is 18.2 Å². The molecule has 1 aliphatic heterocycles. The lowest BCUT2D eigenvalue weighted by Crippen LogP contribution is -2.41. The fourth-order valence-electron chi connectivity index (χ4n) is 2.99. The lowest BCUT2D eigenvalue weighted by Gasteiger charge is -2.32. The molecule has 1 amide bonds. The smallest absolute Gasteiger partial charge is 0.410 e. The van der Waals surface area contributed by atoms with Gasteiger partial charge in [-0.2, -0.15) is 4.98 Å². The number of carbonyl (C=O) groups excluding carboxylic acids is 1. The predicted octanol–water partition coefficient (Wildman–Crippen LogP) is 4.05. The van der Waals surface area contributed by atoms with Gasteiger partial charge in [0.1, 0.15) is 17.2 Å². The van der Waals surface area contributed by atoms with Gasteiger partial charge in [-0.1, -0.05) is 5.16 Å². The molecule has 0 radical (unpaired) electrons. The van der Waals surface area contributed by atoms with Crippen LogP contribution >= 0.6 is 0 Å². The summed E-state index contributed by atoms with van der Waals surface area (Å²) in [5.41, 5.74) is -0.344. The van der Waals surface area contributed by atoms with Gasteiger partial charge >= 0.3 is 6.09 Å². The second-order valence-corrected chi connectivity index (χ2v) is 7.70. The Bertz CT molecular complexity index is 809. The summed E-state index contributed by atoms with van der Waals surface area (Å²) in [7, 11) is 0. The fourth-order valence-corrected chi connectivity index (χ4v) is 2.99. The summed E-state index contributed by atoms with van der Waals surface area (Å²) in [6.45, 7) is 6.57. The lowest BCUT2D eigenvalue weighted by molar-refractivity contribution is 0.0198. The molecule has 1 aromatic carbocycles. The molecule has 0 bridgehead atoms. The van der Waals surface area contributed by atoms with Gasteiger partial charge in [0.25, 0.3) is 0 Å². The van der Waals surface area contributed by atoms with E-state index in [-0.39, 0.29) is 24.0 Å². The molecule has 1 saturated heterocycles. The Morgan fingerprint density at radius 3 is 2.67 bits per heavy atom. The molecular weight excluding hydrogens is 356 g/mol. The largest absolute Gasteiger partial charge is 0.444 e. The normalized spacial score (nSPS) is 15.8. The first-order valence-electron chi connectivity index (χ1n) is 8.95. The van der Waals surface area contributed by atoms with Gasteiger partial charge in [-0.3, -0.25) is 0 Å². The minimum atomic E-state index is -0.526. The maximum Gasteiger partial charge on any atom is 0.410 e. The van der Waals surface area contributed by atoms with E-state index in [1.54, 1.807) is 4.90 Å². The Balaban J connectivity index is 1.58. The SMILES string of the molecule is CC(C)(C)OC(=O)N1CCC(c2nc(Cc3cc(F)ccc3F)no2)CC1. The van der Waals surface area contributed by atoms with E-state index in [9.17, 15) is 13.6 Å². The van der Waals surface area contributed by atoms with E-state index < -0.39 is 17.2 Å². The Kier molecular flexibility index (Phi) is 5.43.